The summed E-state index contributed by atoms with van der Waals surface area (Å²) >= 11 is 1.69. The minimum atomic E-state index is 0.283. The Labute approximate surface area is 151 Å². The smallest absolute Gasteiger partial charge is 0.164 e. The van der Waals surface area contributed by atoms with Crippen LogP contribution >= 0.6 is 11.3 Å². The predicted molar refractivity (Wildman–Crippen MR) is 100 cm³/mol. The zero-order valence-corrected chi connectivity index (χ0v) is 14.9. The Balaban J connectivity index is 1.44. The molecule has 128 valence electrons. The van der Waals surface area contributed by atoms with E-state index in [2.05, 4.69) is 28.5 Å². The molecule has 1 aliphatic rings. The Morgan fingerprint density at radius 3 is 2.92 bits per heavy atom. The zero-order valence-electron chi connectivity index (χ0n) is 14.1. The molecule has 2 aromatic carbocycles. The number of benzene rings is 2. The fraction of sp³-hybridized carbons (Fsp3) is 0.250. The van der Waals surface area contributed by atoms with E-state index in [0.717, 1.165) is 35.7 Å². The highest BCUT2D eigenvalue weighted by Gasteiger charge is 2.22. The Kier molecular flexibility index (Phi) is 4.68. The number of methoxy groups -OCH3 is 1. The molecule has 0 amide bonds. The van der Waals surface area contributed by atoms with Crippen molar-refractivity contribution in [3.8, 4) is 22.8 Å². The molecule has 4 rings (SSSR count). The van der Waals surface area contributed by atoms with Gasteiger partial charge in [-0.05, 0) is 18.1 Å². The van der Waals surface area contributed by atoms with Crippen LogP contribution in [0.1, 0.15) is 10.4 Å². The van der Waals surface area contributed by atoms with E-state index in [1.807, 2.05) is 35.8 Å². The number of para-hydroxylation sites is 1. The molecule has 5 heteroatoms. The van der Waals surface area contributed by atoms with Gasteiger partial charge in [0.25, 0.3) is 0 Å². The number of hydrogen-bond acceptors (Lipinski definition) is 5. The van der Waals surface area contributed by atoms with Crippen molar-refractivity contribution < 1.29 is 9.47 Å². The van der Waals surface area contributed by atoms with E-state index >= 15 is 0 Å². The van der Waals surface area contributed by atoms with Crippen molar-refractivity contribution in [2.24, 2.45) is 0 Å². The topological polar surface area (TPSA) is 43.4 Å². The third kappa shape index (κ3) is 3.38. The summed E-state index contributed by atoms with van der Waals surface area (Å²) in [7, 11) is 1.68. The van der Waals surface area contributed by atoms with Gasteiger partial charge >= 0.3 is 0 Å². The fourth-order valence-corrected chi connectivity index (χ4v) is 3.88. The van der Waals surface area contributed by atoms with Crippen LogP contribution in [0.3, 0.4) is 0 Å². The first-order chi connectivity index (χ1) is 12.3. The van der Waals surface area contributed by atoms with Crippen LogP contribution in [-0.2, 0) is 13.0 Å². The normalized spacial score (nSPS) is 16.1. The molecule has 1 N–H and O–H groups in total. The van der Waals surface area contributed by atoms with Crippen molar-refractivity contribution in [3.63, 3.8) is 0 Å². The highest BCUT2D eigenvalue weighted by molar-refractivity contribution is 7.10. The highest BCUT2D eigenvalue weighted by Crippen LogP contribution is 2.34. The SMILES string of the molecule is COc1cccc2c1OC[C@@H](NCc1scnc1-c1ccccc1)C2. The van der Waals surface area contributed by atoms with Crippen molar-refractivity contribution in [3.05, 3.63) is 64.5 Å². The van der Waals surface area contributed by atoms with Crippen LogP contribution in [0.4, 0.5) is 0 Å². The lowest BCUT2D eigenvalue weighted by atomic mass is 10.0. The van der Waals surface area contributed by atoms with E-state index in [1.165, 1.54) is 10.4 Å². The average Bonchev–Trinajstić information content (AvgIpc) is 3.15. The Hall–Kier alpha value is -2.37. The number of ether oxygens (including phenoxy) is 2. The van der Waals surface area contributed by atoms with Crippen molar-refractivity contribution in [1.82, 2.24) is 10.3 Å². The number of rotatable bonds is 5. The predicted octanol–water partition coefficient (Wildman–Crippen LogP) is 3.91. The second kappa shape index (κ2) is 7.25. The summed E-state index contributed by atoms with van der Waals surface area (Å²) in [5, 5.41) is 3.62. The van der Waals surface area contributed by atoms with E-state index in [0.29, 0.717) is 6.61 Å². The van der Waals surface area contributed by atoms with Gasteiger partial charge in [0.05, 0.1) is 18.3 Å². The van der Waals surface area contributed by atoms with Crippen molar-refractivity contribution in [1.29, 1.82) is 0 Å². The van der Waals surface area contributed by atoms with Crippen LogP contribution in [0.15, 0.2) is 54.0 Å². The minimum absolute atomic E-state index is 0.283. The first-order valence-electron chi connectivity index (χ1n) is 8.35. The second-order valence-corrected chi connectivity index (χ2v) is 6.97. The molecule has 0 bridgehead atoms. The van der Waals surface area contributed by atoms with Crippen molar-refractivity contribution >= 4 is 11.3 Å². The first-order valence-corrected chi connectivity index (χ1v) is 9.23. The summed E-state index contributed by atoms with van der Waals surface area (Å²) < 4.78 is 11.3. The van der Waals surface area contributed by atoms with E-state index in [9.17, 15) is 0 Å². The van der Waals surface area contributed by atoms with Crippen molar-refractivity contribution in [2.75, 3.05) is 13.7 Å². The van der Waals surface area contributed by atoms with Gasteiger partial charge in [-0.15, -0.1) is 11.3 Å². The number of thiazole rings is 1. The number of aromatic nitrogens is 1. The molecule has 25 heavy (non-hydrogen) atoms. The molecular weight excluding hydrogens is 332 g/mol. The third-order valence-electron chi connectivity index (χ3n) is 4.41. The summed E-state index contributed by atoms with van der Waals surface area (Å²) in [5.74, 6) is 1.69. The molecule has 0 aliphatic carbocycles. The first kappa shape index (κ1) is 16.1. The minimum Gasteiger partial charge on any atom is -0.493 e. The average molecular weight is 352 g/mol. The summed E-state index contributed by atoms with van der Waals surface area (Å²) in [6.07, 6.45) is 0.937. The van der Waals surface area contributed by atoms with Gasteiger partial charge in [-0.1, -0.05) is 42.5 Å². The molecule has 2 heterocycles. The monoisotopic (exact) mass is 352 g/mol. The van der Waals surface area contributed by atoms with Crippen molar-refractivity contribution in [2.45, 2.75) is 19.0 Å². The molecule has 0 saturated heterocycles. The Morgan fingerprint density at radius 2 is 2.08 bits per heavy atom. The molecule has 3 aromatic rings. The Morgan fingerprint density at radius 1 is 1.20 bits per heavy atom. The zero-order chi connectivity index (χ0) is 17.1. The van der Waals surface area contributed by atoms with Gasteiger partial charge in [0, 0.05) is 23.0 Å². The molecule has 0 radical (unpaired) electrons. The van der Waals surface area contributed by atoms with Crippen LogP contribution in [0.2, 0.25) is 0 Å². The lowest BCUT2D eigenvalue weighted by molar-refractivity contribution is 0.227. The van der Waals surface area contributed by atoms with Gasteiger partial charge < -0.3 is 14.8 Å². The van der Waals surface area contributed by atoms with E-state index in [-0.39, 0.29) is 6.04 Å². The Bertz CT molecular complexity index is 848. The van der Waals surface area contributed by atoms with Gasteiger partial charge in [0.2, 0.25) is 0 Å². The van der Waals surface area contributed by atoms with Crippen LogP contribution < -0.4 is 14.8 Å². The molecule has 0 fully saturated rings. The maximum absolute atomic E-state index is 5.94. The van der Waals surface area contributed by atoms with Gasteiger partial charge in [-0.2, -0.15) is 0 Å². The van der Waals surface area contributed by atoms with E-state index < -0.39 is 0 Å². The molecule has 4 nitrogen and oxygen atoms in total. The largest absolute Gasteiger partial charge is 0.493 e. The van der Waals surface area contributed by atoms with Gasteiger partial charge in [-0.25, -0.2) is 4.98 Å². The summed E-state index contributed by atoms with van der Waals surface area (Å²) in [4.78, 5) is 5.79. The molecule has 1 aliphatic heterocycles. The lowest BCUT2D eigenvalue weighted by Gasteiger charge is -2.27. The maximum atomic E-state index is 5.94. The van der Waals surface area contributed by atoms with Crippen LogP contribution in [-0.4, -0.2) is 24.7 Å². The van der Waals surface area contributed by atoms with E-state index in [1.54, 1.807) is 18.4 Å². The molecular formula is C20H20N2O2S. The fourth-order valence-electron chi connectivity index (χ4n) is 3.15. The molecule has 0 unspecified atom stereocenters. The van der Waals surface area contributed by atoms with Crippen LogP contribution in [0.5, 0.6) is 11.5 Å². The molecule has 0 spiro atoms. The number of nitrogens with one attached hydrogen (secondary N) is 1. The standard InChI is InChI=1S/C20H20N2O2S/c1-23-17-9-5-8-15-10-16(12-24-20(15)17)21-11-18-19(22-13-25-18)14-6-3-2-4-7-14/h2-9,13,16,21H,10-12H2,1H3/t16-/m0/s1. The van der Waals surface area contributed by atoms with Gasteiger partial charge in [-0.3, -0.25) is 0 Å². The number of nitrogens with zero attached hydrogens (tertiary/aromatic N) is 1. The molecule has 1 atom stereocenters. The number of fused-ring (bicyclic) bond motifs is 1. The number of hydrogen-bond donors (Lipinski definition) is 1. The summed E-state index contributed by atoms with van der Waals surface area (Å²) in [6.45, 7) is 1.44. The summed E-state index contributed by atoms with van der Waals surface area (Å²) in [6, 6.07) is 16.7. The van der Waals surface area contributed by atoms with Gasteiger partial charge in [0.15, 0.2) is 11.5 Å². The van der Waals surface area contributed by atoms with Crippen LogP contribution in [0.25, 0.3) is 11.3 Å². The third-order valence-corrected chi connectivity index (χ3v) is 5.25. The highest BCUT2D eigenvalue weighted by atomic mass is 32.1. The van der Waals surface area contributed by atoms with E-state index in [4.69, 9.17) is 9.47 Å². The van der Waals surface area contributed by atoms with Crippen LogP contribution in [0, 0.1) is 0 Å². The van der Waals surface area contributed by atoms with Gasteiger partial charge in [0.1, 0.15) is 6.61 Å². The summed E-state index contributed by atoms with van der Waals surface area (Å²) in [5.41, 5.74) is 5.33. The molecule has 1 aromatic heterocycles. The second-order valence-electron chi connectivity index (χ2n) is 6.03. The molecule has 0 saturated carbocycles. The lowest BCUT2D eigenvalue weighted by Crippen LogP contribution is -2.38. The quantitative estimate of drug-likeness (QED) is 0.756. The maximum Gasteiger partial charge on any atom is 0.164 e.